The zero-order valence-electron chi connectivity index (χ0n) is 17.1. The molecule has 0 aliphatic heterocycles. The van der Waals surface area contributed by atoms with E-state index < -0.39 is 11.7 Å². The Morgan fingerprint density at radius 2 is 1.67 bits per heavy atom. The topological polar surface area (TPSA) is 56.2 Å². The maximum Gasteiger partial charge on any atom is 0.262 e. The number of amides is 1. The Bertz CT molecular complexity index is 1310. The zero-order valence-corrected chi connectivity index (χ0v) is 18.6. The molecule has 9 heteroatoms. The van der Waals surface area contributed by atoms with Gasteiger partial charge in [0.1, 0.15) is 23.8 Å². The van der Waals surface area contributed by atoms with Crippen LogP contribution in [-0.4, -0.2) is 15.7 Å². The Balaban J connectivity index is 1.60. The van der Waals surface area contributed by atoms with E-state index in [-0.39, 0.29) is 35.4 Å². The summed E-state index contributed by atoms with van der Waals surface area (Å²) in [7, 11) is 0. The second kappa shape index (κ2) is 10.0. The van der Waals surface area contributed by atoms with Crippen molar-refractivity contribution in [2.45, 2.75) is 13.2 Å². The van der Waals surface area contributed by atoms with Crippen molar-refractivity contribution >= 4 is 34.8 Å². The summed E-state index contributed by atoms with van der Waals surface area (Å²) >= 11 is 12.1. The molecule has 0 saturated carbocycles. The highest BCUT2D eigenvalue weighted by atomic mass is 35.5. The molecule has 1 aromatic heterocycles. The van der Waals surface area contributed by atoms with Gasteiger partial charge in [0.15, 0.2) is 0 Å². The number of carbonyl (C=O) groups excluding carboxylic acids is 1. The van der Waals surface area contributed by atoms with Crippen LogP contribution in [-0.2, 0) is 13.2 Å². The van der Waals surface area contributed by atoms with Crippen LogP contribution in [0.4, 0.5) is 14.5 Å². The molecule has 168 valence electrons. The summed E-state index contributed by atoms with van der Waals surface area (Å²) in [6, 6.07) is 16.6. The fraction of sp³-hybridized carbons (Fsp3) is 0.0833. The Hall–Kier alpha value is -3.42. The van der Waals surface area contributed by atoms with Gasteiger partial charge < -0.3 is 10.1 Å². The molecular formula is C24H17Cl2F2N3O2. The third-order valence-corrected chi connectivity index (χ3v) is 5.20. The Labute approximate surface area is 198 Å². The minimum Gasteiger partial charge on any atom is -0.471 e. The molecule has 4 aromatic rings. The largest absolute Gasteiger partial charge is 0.471 e. The van der Waals surface area contributed by atoms with Crippen LogP contribution < -0.4 is 10.1 Å². The van der Waals surface area contributed by atoms with Gasteiger partial charge in [0.25, 0.3) is 5.91 Å². The average molecular weight is 488 g/mol. The first-order valence-electron chi connectivity index (χ1n) is 9.83. The molecule has 33 heavy (non-hydrogen) atoms. The van der Waals surface area contributed by atoms with Crippen molar-refractivity contribution in [1.29, 1.82) is 0 Å². The first-order valence-corrected chi connectivity index (χ1v) is 10.6. The normalized spacial score (nSPS) is 10.8. The predicted octanol–water partition coefficient (Wildman–Crippen LogP) is 6.35. The van der Waals surface area contributed by atoms with Crippen molar-refractivity contribution in [2.24, 2.45) is 0 Å². The van der Waals surface area contributed by atoms with Crippen LogP contribution >= 0.6 is 23.2 Å². The quantitative estimate of drug-likeness (QED) is 0.330. The molecule has 0 unspecified atom stereocenters. The van der Waals surface area contributed by atoms with Crippen molar-refractivity contribution in [2.75, 3.05) is 5.32 Å². The lowest BCUT2D eigenvalue weighted by molar-refractivity contribution is 0.102. The van der Waals surface area contributed by atoms with Crippen LogP contribution in [0.1, 0.15) is 21.5 Å². The Kier molecular flexibility index (Phi) is 6.91. The molecular weight excluding hydrogens is 471 g/mol. The first kappa shape index (κ1) is 22.8. The average Bonchev–Trinajstić information content (AvgIpc) is 3.17. The van der Waals surface area contributed by atoms with E-state index in [1.165, 1.54) is 41.2 Å². The van der Waals surface area contributed by atoms with Crippen molar-refractivity contribution in [3.63, 3.8) is 0 Å². The minimum atomic E-state index is -0.515. The number of aromatic nitrogens is 2. The number of carbonyl (C=O) groups is 1. The van der Waals surface area contributed by atoms with Crippen molar-refractivity contribution < 1.29 is 18.3 Å². The highest BCUT2D eigenvalue weighted by Gasteiger charge is 2.20. The molecule has 1 heterocycles. The summed E-state index contributed by atoms with van der Waals surface area (Å²) in [5.74, 6) is -1.25. The van der Waals surface area contributed by atoms with Gasteiger partial charge in [-0.2, -0.15) is 0 Å². The Morgan fingerprint density at radius 3 is 2.36 bits per heavy atom. The predicted molar refractivity (Wildman–Crippen MR) is 123 cm³/mol. The lowest BCUT2D eigenvalue weighted by Gasteiger charge is -2.08. The van der Waals surface area contributed by atoms with Crippen molar-refractivity contribution in [1.82, 2.24) is 9.78 Å². The summed E-state index contributed by atoms with van der Waals surface area (Å²) in [4.78, 5) is 13.0. The standard InChI is InChI=1S/C24H17Cl2F2N3O2/c25-17-7-8-22(21(26)11-17)29-23(32)20-13-31(12-15-3-1-5-18(27)9-15)30-24(20)33-14-16-4-2-6-19(28)10-16/h1-11,13H,12,14H2,(H,29,32). The van der Waals surface area contributed by atoms with Crippen LogP contribution in [0, 0.1) is 11.6 Å². The highest BCUT2D eigenvalue weighted by Crippen LogP contribution is 2.27. The lowest BCUT2D eigenvalue weighted by Crippen LogP contribution is -2.13. The van der Waals surface area contributed by atoms with E-state index in [0.29, 0.717) is 21.8 Å². The lowest BCUT2D eigenvalue weighted by atomic mass is 10.2. The van der Waals surface area contributed by atoms with Gasteiger partial charge in [0.05, 0.1) is 17.3 Å². The minimum absolute atomic E-state index is 0.00325. The first-order chi connectivity index (χ1) is 15.9. The molecule has 1 N–H and O–H groups in total. The second-order valence-electron chi connectivity index (χ2n) is 7.17. The zero-order chi connectivity index (χ0) is 23.4. The summed E-state index contributed by atoms with van der Waals surface area (Å²) in [5.41, 5.74) is 1.72. The second-order valence-corrected chi connectivity index (χ2v) is 8.02. The summed E-state index contributed by atoms with van der Waals surface area (Å²) in [6.45, 7) is 0.208. The van der Waals surface area contributed by atoms with Crippen LogP contribution in [0.2, 0.25) is 10.0 Å². The van der Waals surface area contributed by atoms with Gasteiger partial charge in [0.2, 0.25) is 5.88 Å². The summed E-state index contributed by atoms with van der Waals surface area (Å²) in [6.07, 6.45) is 1.49. The molecule has 0 saturated heterocycles. The molecule has 3 aromatic carbocycles. The summed E-state index contributed by atoms with van der Waals surface area (Å²) in [5, 5.41) is 7.74. The molecule has 0 aliphatic carbocycles. The van der Waals surface area contributed by atoms with Crippen LogP contribution in [0.5, 0.6) is 5.88 Å². The number of rotatable bonds is 7. The maximum absolute atomic E-state index is 13.6. The molecule has 0 aliphatic rings. The van der Waals surface area contributed by atoms with Gasteiger partial charge in [-0.25, -0.2) is 8.78 Å². The van der Waals surface area contributed by atoms with Gasteiger partial charge >= 0.3 is 0 Å². The molecule has 1 amide bonds. The number of anilines is 1. The number of hydrogen-bond donors (Lipinski definition) is 1. The molecule has 0 radical (unpaired) electrons. The number of nitrogens with one attached hydrogen (secondary N) is 1. The fourth-order valence-electron chi connectivity index (χ4n) is 3.13. The Morgan fingerprint density at radius 1 is 0.970 bits per heavy atom. The van der Waals surface area contributed by atoms with E-state index in [0.717, 1.165) is 0 Å². The van der Waals surface area contributed by atoms with E-state index in [1.807, 2.05) is 0 Å². The van der Waals surface area contributed by atoms with E-state index >= 15 is 0 Å². The van der Waals surface area contributed by atoms with E-state index in [4.69, 9.17) is 27.9 Å². The monoisotopic (exact) mass is 487 g/mol. The number of hydrogen-bond acceptors (Lipinski definition) is 3. The van der Waals surface area contributed by atoms with Gasteiger partial charge in [0, 0.05) is 11.2 Å². The SMILES string of the molecule is O=C(Nc1ccc(Cl)cc1Cl)c1cn(Cc2cccc(F)c2)nc1OCc1cccc(F)c1. The van der Waals surface area contributed by atoms with Gasteiger partial charge in [-0.1, -0.05) is 47.5 Å². The van der Waals surface area contributed by atoms with Crippen molar-refractivity contribution in [3.8, 4) is 5.88 Å². The van der Waals surface area contributed by atoms with Gasteiger partial charge in [-0.05, 0) is 53.6 Å². The molecule has 0 fully saturated rings. The molecule has 5 nitrogen and oxygen atoms in total. The maximum atomic E-state index is 13.6. The van der Waals surface area contributed by atoms with Gasteiger partial charge in [-0.3, -0.25) is 9.48 Å². The van der Waals surface area contributed by atoms with E-state index in [9.17, 15) is 13.6 Å². The number of benzene rings is 3. The van der Waals surface area contributed by atoms with Gasteiger partial charge in [-0.15, -0.1) is 5.10 Å². The van der Waals surface area contributed by atoms with Crippen LogP contribution in [0.15, 0.2) is 72.9 Å². The smallest absolute Gasteiger partial charge is 0.262 e. The number of halogens is 4. The molecule has 0 atom stereocenters. The van der Waals surface area contributed by atoms with E-state index in [1.54, 1.807) is 36.4 Å². The fourth-order valence-corrected chi connectivity index (χ4v) is 3.58. The third kappa shape index (κ3) is 5.88. The number of nitrogens with zero attached hydrogens (tertiary/aromatic N) is 2. The molecule has 0 spiro atoms. The third-order valence-electron chi connectivity index (χ3n) is 4.65. The van der Waals surface area contributed by atoms with Crippen molar-refractivity contribution in [3.05, 3.63) is 111 Å². The van der Waals surface area contributed by atoms with E-state index in [2.05, 4.69) is 10.4 Å². The highest BCUT2D eigenvalue weighted by molar-refractivity contribution is 6.36. The van der Waals surface area contributed by atoms with Crippen LogP contribution in [0.25, 0.3) is 0 Å². The molecule has 0 bridgehead atoms. The number of ether oxygens (including phenoxy) is 1. The summed E-state index contributed by atoms with van der Waals surface area (Å²) < 4.78 is 34.3. The van der Waals surface area contributed by atoms with Crippen LogP contribution in [0.3, 0.4) is 0 Å². The molecule has 4 rings (SSSR count).